The first-order valence-corrected chi connectivity index (χ1v) is 6.27. The van der Waals surface area contributed by atoms with Gasteiger partial charge in [0, 0.05) is 6.20 Å². The molecule has 0 bridgehead atoms. The molecule has 0 amide bonds. The number of aromatic nitrogens is 2. The predicted octanol–water partition coefficient (Wildman–Crippen LogP) is 0.868. The molecule has 3 N–H and O–H groups in total. The Morgan fingerprint density at radius 1 is 1.18 bits per heavy atom. The van der Waals surface area contributed by atoms with E-state index in [-0.39, 0.29) is 4.90 Å². The summed E-state index contributed by atoms with van der Waals surface area (Å²) in [5, 5.41) is 7.98. The van der Waals surface area contributed by atoms with Gasteiger partial charge in [0.25, 0.3) is 0 Å². The molecule has 0 saturated heterocycles. The molecule has 1 heterocycles. The Morgan fingerprint density at radius 3 is 2.59 bits per heavy atom. The van der Waals surface area contributed by atoms with Gasteiger partial charge in [-0.15, -0.1) is 0 Å². The molecule has 0 spiro atoms. The number of nitrogens with zero attached hydrogens (tertiary/aromatic N) is 2. The third kappa shape index (κ3) is 2.77. The van der Waals surface area contributed by atoms with Gasteiger partial charge in [-0.1, -0.05) is 12.1 Å². The monoisotopic (exact) mass is 250 g/mol. The lowest BCUT2D eigenvalue weighted by Gasteiger charge is -2.09. The number of anilines is 2. The molecule has 7 heteroatoms. The molecule has 2 aromatic rings. The molecule has 0 aliphatic heterocycles. The predicted molar refractivity (Wildman–Crippen MR) is 63.1 cm³/mol. The van der Waals surface area contributed by atoms with Crippen LogP contribution in [0.25, 0.3) is 0 Å². The van der Waals surface area contributed by atoms with Gasteiger partial charge in [0.15, 0.2) is 0 Å². The molecular formula is C10H10N4O2S. The Balaban J connectivity index is 2.41. The molecule has 0 radical (unpaired) electrons. The fourth-order valence-electron chi connectivity index (χ4n) is 1.32. The van der Waals surface area contributed by atoms with Crippen LogP contribution in [-0.2, 0) is 10.0 Å². The largest absolute Gasteiger partial charge is 0.339 e. The molecule has 1 aromatic carbocycles. The number of benzene rings is 1. The molecule has 17 heavy (non-hydrogen) atoms. The van der Waals surface area contributed by atoms with E-state index >= 15 is 0 Å². The summed E-state index contributed by atoms with van der Waals surface area (Å²) in [7, 11) is -3.76. The van der Waals surface area contributed by atoms with E-state index in [1.807, 2.05) is 0 Å². The summed E-state index contributed by atoms with van der Waals surface area (Å²) in [4.78, 5) is 7.73. The Morgan fingerprint density at radius 2 is 1.94 bits per heavy atom. The van der Waals surface area contributed by atoms with Crippen molar-refractivity contribution in [1.29, 1.82) is 0 Å². The molecule has 0 atom stereocenters. The Hall–Kier alpha value is -1.99. The van der Waals surface area contributed by atoms with E-state index in [1.54, 1.807) is 30.5 Å². The van der Waals surface area contributed by atoms with Crippen LogP contribution >= 0.6 is 0 Å². The second-order valence-corrected chi connectivity index (χ2v) is 4.79. The van der Waals surface area contributed by atoms with Gasteiger partial charge >= 0.3 is 0 Å². The molecule has 2 rings (SSSR count). The third-order valence-electron chi connectivity index (χ3n) is 2.04. The van der Waals surface area contributed by atoms with E-state index in [2.05, 4.69) is 15.3 Å². The Bertz CT molecular complexity index is 613. The summed E-state index contributed by atoms with van der Waals surface area (Å²) in [6.45, 7) is 0. The fraction of sp³-hybridized carbons (Fsp3) is 0. The number of sulfonamides is 1. The maximum absolute atomic E-state index is 11.3. The van der Waals surface area contributed by atoms with Crippen molar-refractivity contribution in [3.8, 4) is 0 Å². The lowest BCUT2D eigenvalue weighted by atomic mass is 10.3. The molecule has 0 unspecified atom stereocenters. The van der Waals surface area contributed by atoms with Gasteiger partial charge in [-0.2, -0.15) is 0 Å². The van der Waals surface area contributed by atoms with Crippen LogP contribution < -0.4 is 10.5 Å². The van der Waals surface area contributed by atoms with Gasteiger partial charge in [-0.05, 0) is 18.2 Å². The summed E-state index contributed by atoms with van der Waals surface area (Å²) < 4.78 is 22.7. The van der Waals surface area contributed by atoms with Gasteiger partial charge in [0.2, 0.25) is 10.0 Å². The van der Waals surface area contributed by atoms with Crippen LogP contribution in [0.15, 0.2) is 47.8 Å². The van der Waals surface area contributed by atoms with Gasteiger partial charge in [0.05, 0.1) is 5.69 Å². The van der Waals surface area contributed by atoms with E-state index < -0.39 is 10.0 Å². The average molecular weight is 250 g/mol. The molecular weight excluding hydrogens is 240 g/mol. The number of primary sulfonamides is 1. The molecule has 0 aliphatic carbocycles. The van der Waals surface area contributed by atoms with Crippen LogP contribution in [0.2, 0.25) is 0 Å². The Kier molecular flexibility index (Phi) is 3.03. The molecule has 1 aromatic heterocycles. The van der Waals surface area contributed by atoms with Crippen molar-refractivity contribution < 1.29 is 8.42 Å². The van der Waals surface area contributed by atoms with E-state index in [0.717, 1.165) is 0 Å². The summed E-state index contributed by atoms with van der Waals surface area (Å²) >= 11 is 0. The fourth-order valence-corrected chi connectivity index (χ4v) is 2.01. The smallest absolute Gasteiger partial charge is 0.240 e. The molecule has 88 valence electrons. The van der Waals surface area contributed by atoms with Crippen molar-refractivity contribution in [3.63, 3.8) is 0 Å². The summed E-state index contributed by atoms with van der Waals surface area (Å²) in [6, 6.07) is 7.98. The number of nitrogens with two attached hydrogens (primary N) is 1. The average Bonchev–Trinajstić information content (AvgIpc) is 2.30. The minimum Gasteiger partial charge on any atom is -0.339 e. The van der Waals surface area contributed by atoms with Crippen LogP contribution in [0.5, 0.6) is 0 Å². The first-order valence-electron chi connectivity index (χ1n) is 4.72. The Labute approximate surface area is 98.6 Å². The van der Waals surface area contributed by atoms with Crippen LogP contribution in [-0.4, -0.2) is 18.4 Å². The third-order valence-corrected chi connectivity index (χ3v) is 3.01. The number of hydrogen-bond donors (Lipinski definition) is 2. The number of para-hydroxylation sites is 1. The highest BCUT2D eigenvalue weighted by atomic mass is 32.2. The van der Waals surface area contributed by atoms with Crippen LogP contribution in [0.4, 0.5) is 11.5 Å². The maximum Gasteiger partial charge on any atom is 0.240 e. The highest BCUT2D eigenvalue weighted by Gasteiger charge is 2.13. The van der Waals surface area contributed by atoms with Crippen LogP contribution in [0.3, 0.4) is 0 Å². The molecule has 0 aliphatic rings. The van der Waals surface area contributed by atoms with Gasteiger partial charge in [0.1, 0.15) is 17.0 Å². The van der Waals surface area contributed by atoms with Crippen molar-refractivity contribution in [1.82, 2.24) is 9.97 Å². The first-order chi connectivity index (χ1) is 8.07. The SMILES string of the molecule is NS(=O)(=O)c1ccccc1Nc1ccncn1. The topological polar surface area (TPSA) is 98.0 Å². The minimum absolute atomic E-state index is 0.0265. The summed E-state index contributed by atoms with van der Waals surface area (Å²) in [6.07, 6.45) is 2.91. The quantitative estimate of drug-likeness (QED) is 0.842. The van der Waals surface area contributed by atoms with E-state index in [9.17, 15) is 8.42 Å². The first kappa shape index (κ1) is 11.5. The lowest BCUT2D eigenvalue weighted by Crippen LogP contribution is -2.14. The highest BCUT2D eigenvalue weighted by Crippen LogP contribution is 2.22. The number of hydrogen-bond acceptors (Lipinski definition) is 5. The van der Waals surface area contributed by atoms with Gasteiger partial charge in [-0.25, -0.2) is 23.5 Å². The van der Waals surface area contributed by atoms with Gasteiger partial charge in [-0.3, -0.25) is 0 Å². The standard InChI is InChI=1S/C10H10N4O2S/c11-17(15,16)9-4-2-1-3-8(9)14-10-5-6-12-7-13-10/h1-7H,(H2,11,15,16)(H,12,13,14). The highest BCUT2D eigenvalue weighted by molar-refractivity contribution is 7.89. The van der Waals surface area contributed by atoms with E-state index in [1.165, 1.54) is 12.4 Å². The van der Waals surface area contributed by atoms with Crippen molar-refractivity contribution in [2.45, 2.75) is 4.90 Å². The zero-order valence-electron chi connectivity index (χ0n) is 8.74. The minimum atomic E-state index is -3.76. The van der Waals surface area contributed by atoms with Crippen molar-refractivity contribution >= 4 is 21.5 Å². The van der Waals surface area contributed by atoms with Crippen molar-refractivity contribution in [3.05, 3.63) is 42.9 Å². The van der Waals surface area contributed by atoms with E-state index in [4.69, 9.17) is 5.14 Å². The van der Waals surface area contributed by atoms with Crippen LogP contribution in [0.1, 0.15) is 0 Å². The van der Waals surface area contributed by atoms with Gasteiger partial charge < -0.3 is 5.32 Å². The van der Waals surface area contributed by atoms with Crippen molar-refractivity contribution in [2.75, 3.05) is 5.32 Å². The second kappa shape index (κ2) is 4.48. The maximum atomic E-state index is 11.3. The summed E-state index contributed by atoms with van der Waals surface area (Å²) in [5.74, 6) is 0.496. The van der Waals surface area contributed by atoms with E-state index in [0.29, 0.717) is 11.5 Å². The summed E-state index contributed by atoms with van der Waals surface area (Å²) in [5.41, 5.74) is 0.383. The lowest BCUT2D eigenvalue weighted by molar-refractivity contribution is 0.598. The second-order valence-electron chi connectivity index (χ2n) is 3.26. The number of rotatable bonds is 3. The normalized spacial score (nSPS) is 11.1. The number of nitrogens with one attached hydrogen (secondary N) is 1. The van der Waals surface area contributed by atoms with Crippen LogP contribution in [0, 0.1) is 0 Å². The van der Waals surface area contributed by atoms with Crippen molar-refractivity contribution in [2.24, 2.45) is 5.14 Å². The zero-order chi connectivity index (χ0) is 12.3. The zero-order valence-corrected chi connectivity index (χ0v) is 9.55. The molecule has 0 saturated carbocycles. The molecule has 6 nitrogen and oxygen atoms in total. The molecule has 0 fully saturated rings.